The minimum absolute atomic E-state index is 0.00175. The summed E-state index contributed by atoms with van der Waals surface area (Å²) in [6, 6.07) is 10.6. The van der Waals surface area contributed by atoms with Gasteiger partial charge in [0.05, 0.1) is 39.9 Å². The molecule has 1 saturated heterocycles. The zero-order chi connectivity index (χ0) is 21.9. The van der Waals surface area contributed by atoms with Gasteiger partial charge in [0.15, 0.2) is 0 Å². The van der Waals surface area contributed by atoms with Gasteiger partial charge in [0, 0.05) is 27.2 Å². The normalized spacial score (nSPS) is 14.9. The van der Waals surface area contributed by atoms with Crippen LogP contribution in [0.5, 0.6) is 0 Å². The van der Waals surface area contributed by atoms with Crippen LogP contribution in [0.15, 0.2) is 47.4 Å². The fourth-order valence-corrected chi connectivity index (χ4v) is 4.62. The summed E-state index contributed by atoms with van der Waals surface area (Å²) in [6.07, 6.45) is 0. The molecule has 0 bridgehead atoms. The topological polar surface area (TPSA) is 96.0 Å². The average molecular weight is 452 g/mol. The van der Waals surface area contributed by atoms with Crippen molar-refractivity contribution in [3.05, 3.63) is 58.6 Å². The number of rotatable bonds is 5. The molecule has 2 aromatic rings. The van der Waals surface area contributed by atoms with E-state index in [0.717, 1.165) is 0 Å². The van der Waals surface area contributed by atoms with E-state index in [-0.39, 0.29) is 34.5 Å². The van der Waals surface area contributed by atoms with Crippen molar-refractivity contribution in [2.24, 2.45) is 0 Å². The number of hydrogen-bond acceptors (Lipinski definition) is 5. The summed E-state index contributed by atoms with van der Waals surface area (Å²) < 4.78 is 32.3. The smallest absolute Gasteiger partial charge is 0.257 e. The largest absolute Gasteiger partial charge is 0.379 e. The zero-order valence-electron chi connectivity index (χ0n) is 16.6. The van der Waals surface area contributed by atoms with Crippen LogP contribution in [0, 0.1) is 0 Å². The van der Waals surface area contributed by atoms with Crippen molar-refractivity contribution in [1.82, 2.24) is 9.21 Å². The van der Waals surface area contributed by atoms with Gasteiger partial charge in [-0.3, -0.25) is 9.59 Å². The molecule has 0 spiro atoms. The summed E-state index contributed by atoms with van der Waals surface area (Å²) in [5, 5.41) is 2.76. The second-order valence-electron chi connectivity index (χ2n) is 6.86. The Bertz CT molecular complexity index is 1070. The van der Waals surface area contributed by atoms with Gasteiger partial charge in [-0.25, -0.2) is 8.42 Å². The molecular formula is C20H22ClN3O5S. The van der Waals surface area contributed by atoms with Crippen molar-refractivity contribution >= 4 is 39.1 Å². The summed E-state index contributed by atoms with van der Waals surface area (Å²) in [5.41, 5.74) is 0.612. The highest BCUT2D eigenvalue weighted by molar-refractivity contribution is 7.89. The number of ether oxygens (including phenoxy) is 1. The molecule has 3 rings (SSSR count). The standard InChI is InChI=1S/C20H22ClN3O5S/c1-23(2)20(26)15-5-3-4-6-18(15)22-19(25)16-13-14(7-8-17(16)21)30(27,28)24-9-11-29-12-10-24/h3-8,13H,9-12H2,1-2H3,(H,22,25). The van der Waals surface area contributed by atoms with E-state index >= 15 is 0 Å². The van der Waals surface area contributed by atoms with E-state index in [1.165, 1.54) is 27.4 Å². The van der Waals surface area contributed by atoms with E-state index in [2.05, 4.69) is 5.32 Å². The van der Waals surface area contributed by atoms with Crippen molar-refractivity contribution in [3.8, 4) is 0 Å². The molecule has 1 N–H and O–H groups in total. The number of carbonyl (C=O) groups excluding carboxylic acids is 2. The molecule has 1 aliphatic heterocycles. The molecule has 30 heavy (non-hydrogen) atoms. The minimum Gasteiger partial charge on any atom is -0.379 e. The van der Waals surface area contributed by atoms with Crippen molar-refractivity contribution in [3.63, 3.8) is 0 Å². The van der Waals surface area contributed by atoms with E-state index in [1.807, 2.05) is 0 Å². The molecule has 1 fully saturated rings. The van der Waals surface area contributed by atoms with E-state index in [1.54, 1.807) is 38.4 Å². The predicted octanol–water partition coefficient (Wildman–Crippen LogP) is 2.32. The van der Waals surface area contributed by atoms with Gasteiger partial charge in [-0.15, -0.1) is 0 Å². The Hall–Kier alpha value is -2.46. The van der Waals surface area contributed by atoms with Crippen LogP contribution in [-0.4, -0.2) is 69.8 Å². The van der Waals surface area contributed by atoms with Crippen LogP contribution in [0.1, 0.15) is 20.7 Å². The number of nitrogens with zero attached hydrogens (tertiary/aromatic N) is 2. The van der Waals surface area contributed by atoms with Gasteiger partial charge in [0.2, 0.25) is 10.0 Å². The lowest BCUT2D eigenvalue weighted by molar-refractivity contribution is 0.0730. The van der Waals surface area contributed by atoms with Gasteiger partial charge in [0.1, 0.15) is 0 Å². The summed E-state index contributed by atoms with van der Waals surface area (Å²) >= 11 is 6.18. The molecule has 0 aliphatic carbocycles. The summed E-state index contributed by atoms with van der Waals surface area (Å²) in [5.74, 6) is -0.890. The molecule has 0 atom stereocenters. The summed E-state index contributed by atoms with van der Waals surface area (Å²) in [7, 11) is -0.569. The third kappa shape index (κ3) is 4.65. The van der Waals surface area contributed by atoms with Gasteiger partial charge < -0.3 is 15.0 Å². The van der Waals surface area contributed by atoms with Crippen LogP contribution < -0.4 is 5.32 Å². The Morgan fingerprint density at radius 1 is 1.07 bits per heavy atom. The molecule has 1 heterocycles. The maximum absolute atomic E-state index is 12.9. The van der Waals surface area contributed by atoms with E-state index in [0.29, 0.717) is 24.5 Å². The highest BCUT2D eigenvalue weighted by atomic mass is 35.5. The molecule has 1 aliphatic rings. The Kier molecular flexibility index (Phi) is 6.77. The van der Waals surface area contributed by atoms with E-state index in [4.69, 9.17) is 16.3 Å². The SMILES string of the molecule is CN(C)C(=O)c1ccccc1NC(=O)c1cc(S(=O)(=O)N2CCOCC2)ccc1Cl. The lowest BCUT2D eigenvalue weighted by atomic mass is 10.1. The first kappa shape index (κ1) is 22.2. The van der Waals surface area contributed by atoms with Gasteiger partial charge in [-0.05, 0) is 30.3 Å². The monoisotopic (exact) mass is 451 g/mol. The maximum atomic E-state index is 12.9. The van der Waals surface area contributed by atoms with E-state index < -0.39 is 15.9 Å². The third-order valence-corrected chi connectivity index (χ3v) is 6.83. The number of amides is 2. The lowest BCUT2D eigenvalue weighted by Crippen LogP contribution is -2.40. The molecule has 0 radical (unpaired) electrons. The Morgan fingerprint density at radius 2 is 1.73 bits per heavy atom. The van der Waals surface area contributed by atoms with Crippen molar-refractivity contribution in [1.29, 1.82) is 0 Å². The highest BCUT2D eigenvalue weighted by Gasteiger charge is 2.28. The van der Waals surface area contributed by atoms with Crippen LogP contribution >= 0.6 is 11.6 Å². The third-order valence-electron chi connectivity index (χ3n) is 4.60. The van der Waals surface area contributed by atoms with Crippen molar-refractivity contribution in [2.45, 2.75) is 4.90 Å². The molecule has 0 aromatic heterocycles. The number of morpholine rings is 1. The number of para-hydroxylation sites is 1. The fourth-order valence-electron chi connectivity index (χ4n) is 2.98. The lowest BCUT2D eigenvalue weighted by Gasteiger charge is -2.26. The molecule has 8 nitrogen and oxygen atoms in total. The number of benzene rings is 2. The molecular weight excluding hydrogens is 430 g/mol. The molecule has 2 aromatic carbocycles. The molecule has 2 amide bonds. The molecule has 10 heteroatoms. The fraction of sp³-hybridized carbons (Fsp3) is 0.300. The number of halogens is 1. The second-order valence-corrected chi connectivity index (χ2v) is 9.20. The van der Waals surface area contributed by atoms with Gasteiger partial charge in [0.25, 0.3) is 11.8 Å². The highest BCUT2D eigenvalue weighted by Crippen LogP contribution is 2.25. The van der Waals surface area contributed by atoms with Crippen molar-refractivity contribution < 1.29 is 22.7 Å². The first-order valence-electron chi connectivity index (χ1n) is 9.21. The Morgan fingerprint density at radius 3 is 2.40 bits per heavy atom. The number of nitrogens with one attached hydrogen (secondary N) is 1. The van der Waals surface area contributed by atoms with Gasteiger partial charge in [-0.1, -0.05) is 23.7 Å². The minimum atomic E-state index is -3.79. The van der Waals surface area contributed by atoms with Crippen LogP contribution in [0.25, 0.3) is 0 Å². The maximum Gasteiger partial charge on any atom is 0.257 e. The number of anilines is 1. The van der Waals surface area contributed by atoms with Crippen LogP contribution in [0.4, 0.5) is 5.69 Å². The Labute approximate surface area is 180 Å². The molecule has 160 valence electrons. The van der Waals surface area contributed by atoms with Crippen molar-refractivity contribution in [2.75, 3.05) is 45.7 Å². The predicted molar refractivity (Wildman–Crippen MR) is 113 cm³/mol. The summed E-state index contributed by atoms with van der Waals surface area (Å²) in [6.45, 7) is 1.12. The number of sulfonamides is 1. The Balaban J connectivity index is 1.91. The second kappa shape index (κ2) is 9.13. The first-order chi connectivity index (χ1) is 14.2. The summed E-state index contributed by atoms with van der Waals surface area (Å²) in [4.78, 5) is 26.6. The number of hydrogen-bond donors (Lipinski definition) is 1. The first-order valence-corrected chi connectivity index (χ1v) is 11.0. The van der Waals surface area contributed by atoms with Crippen LogP contribution in [0.3, 0.4) is 0 Å². The zero-order valence-corrected chi connectivity index (χ0v) is 18.2. The van der Waals surface area contributed by atoms with E-state index in [9.17, 15) is 18.0 Å². The average Bonchev–Trinajstić information content (AvgIpc) is 2.74. The van der Waals surface area contributed by atoms with Crippen LogP contribution in [-0.2, 0) is 14.8 Å². The quantitative estimate of drug-likeness (QED) is 0.752. The van der Waals surface area contributed by atoms with Gasteiger partial charge >= 0.3 is 0 Å². The van der Waals surface area contributed by atoms with Gasteiger partial charge in [-0.2, -0.15) is 4.31 Å². The van der Waals surface area contributed by atoms with Crippen LogP contribution in [0.2, 0.25) is 5.02 Å². The molecule has 0 saturated carbocycles. The number of carbonyl (C=O) groups is 2. The molecule has 0 unspecified atom stereocenters.